The second-order valence-electron chi connectivity index (χ2n) is 3.99. The summed E-state index contributed by atoms with van der Waals surface area (Å²) in [6.07, 6.45) is 7.01. The molecule has 1 aliphatic carbocycles. The molecule has 0 atom stereocenters. The van der Waals surface area contributed by atoms with E-state index in [1.807, 2.05) is 12.3 Å². The van der Waals surface area contributed by atoms with Gasteiger partial charge in [0, 0.05) is 11.6 Å². The molecule has 0 saturated carbocycles. The van der Waals surface area contributed by atoms with Gasteiger partial charge in [-0.1, -0.05) is 18.2 Å². The van der Waals surface area contributed by atoms with Crippen molar-refractivity contribution >= 4 is 10.9 Å². The van der Waals surface area contributed by atoms with Crippen molar-refractivity contribution < 1.29 is 0 Å². The monoisotopic (exact) mass is 183 g/mol. The molecule has 3 rings (SSSR count). The molecule has 0 aliphatic heterocycles. The number of aryl methyl sites for hydroxylation is 2. The first-order valence-electron chi connectivity index (χ1n) is 5.30. The molecule has 1 nitrogen and oxygen atoms in total. The van der Waals surface area contributed by atoms with Gasteiger partial charge in [0.1, 0.15) is 0 Å². The number of pyridine rings is 1. The zero-order valence-electron chi connectivity index (χ0n) is 8.16. The Morgan fingerprint density at radius 1 is 1.00 bits per heavy atom. The van der Waals surface area contributed by atoms with E-state index in [2.05, 4.69) is 23.2 Å². The normalized spacial score (nSPS) is 15.4. The fourth-order valence-corrected chi connectivity index (χ4v) is 2.38. The van der Waals surface area contributed by atoms with Gasteiger partial charge in [0.2, 0.25) is 0 Å². The molecule has 0 bridgehead atoms. The number of aromatic nitrogens is 1. The Bertz CT molecular complexity index is 474. The summed E-state index contributed by atoms with van der Waals surface area (Å²) < 4.78 is 0. The van der Waals surface area contributed by atoms with Crippen LogP contribution in [0.5, 0.6) is 0 Å². The minimum absolute atomic E-state index is 1.21. The fourth-order valence-electron chi connectivity index (χ4n) is 2.38. The Hall–Kier alpha value is -1.37. The number of hydrogen-bond acceptors (Lipinski definition) is 1. The average molecular weight is 183 g/mol. The van der Waals surface area contributed by atoms with E-state index in [1.54, 1.807) is 0 Å². The van der Waals surface area contributed by atoms with Crippen molar-refractivity contribution in [1.82, 2.24) is 4.98 Å². The predicted molar refractivity (Wildman–Crippen MR) is 58.4 cm³/mol. The third-order valence-corrected chi connectivity index (χ3v) is 3.10. The molecule has 0 saturated heterocycles. The second-order valence-corrected chi connectivity index (χ2v) is 3.99. The summed E-state index contributed by atoms with van der Waals surface area (Å²) in [5.74, 6) is 0. The maximum absolute atomic E-state index is 4.49. The van der Waals surface area contributed by atoms with E-state index >= 15 is 0 Å². The van der Waals surface area contributed by atoms with Crippen molar-refractivity contribution in [3.05, 3.63) is 41.6 Å². The number of nitrogens with zero attached hydrogens (tertiary/aromatic N) is 1. The Morgan fingerprint density at radius 2 is 1.93 bits per heavy atom. The smallest absolute Gasteiger partial charge is 0.0736 e. The average Bonchev–Trinajstić information content (AvgIpc) is 2.29. The molecule has 1 aromatic heterocycles. The summed E-state index contributed by atoms with van der Waals surface area (Å²) in [6, 6.07) is 8.64. The third kappa shape index (κ3) is 1.12. The number of hydrogen-bond donors (Lipinski definition) is 0. The van der Waals surface area contributed by atoms with Crippen LogP contribution in [0, 0.1) is 0 Å². The van der Waals surface area contributed by atoms with E-state index in [0.717, 1.165) is 0 Å². The molecule has 2 aromatic rings. The first-order chi connectivity index (χ1) is 6.95. The highest BCUT2D eigenvalue weighted by Crippen LogP contribution is 2.27. The highest BCUT2D eigenvalue weighted by atomic mass is 14.6. The van der Waals surface area contributed by atoms with Gasteiger partial charge >= 0.3 is 0 Å². The van der Waals surface area contributed by atoms with E-state index in [-0.39, 0.29) is 0 Å². The van der Waals surface area contributed by atoms with Crippen LogP contribution in [0.3, 0.4) is 0 Å². The van der Waals surface area contributed by atoms with Crippen LogP contribution in [-0.4, -0.2) is 4.98 Å². The number of fused-ring (bicyclic) bond motifs is 3. The lowest BCUT2D eigenvalue weighted by Gasteiger charge is -2.16. The van der Waals surface area contributed by atoms with Gasteiger partial charge < -0.3 is 0 Å². The van der Waals surface area contributed by atoms with Crippen molar-refractivity contribution in [1.29, 1.82) is 0 Å². The van der Waals surface area contributed by atoms with E-state index in [1.165, 1.54) is 47.7 Å². The first kappa shape index (κ1) is 7.98. The van der Waals surface area contributed by atoms with Crippen LogP contribution in [0.2, 0.25) is 0 Å². The largest absolute Gasteiger partial charge is 0.256 e. The molecule has 0 fully saturated rings. The summed E-state index contributed by atoms with van der Waals surface area (Å²) in [4.78, 5) is 4.49. The third-order valence-electron chi connectivity index (χ3n) is 3.10. The van der Waals surface area contributed by atoms with E-state index in [9.17, 15) is 0 Å². The maximum atomic E-state index is 4.49. The van der Waals surface area contributed by atoms with E-state index in [4.69, 9.17) is 0 Å². The Kier molecular flexibility index (Phi) is 1.76. The van der Waals surface area contributed by atoms with Gasteiger partial charge in [0.05, 0.1) is 5.52 Å². The molecule has 1 heterocycles. The van der Waals surface area contributed by atoms with Crippen molar-refractivity contribution in [3.8, 4) is 0 Å². The van der Waals surface area contributed by atoms with Crippen LogP contribution in [0.15, 0.2) is 30.5 Å². The Labute approximate surface area is 83.8 Å². The Morgan fingerprint density at radius 3 is 2.93 bits per heavy atom. The van der Waals surface area contributed by atoms with Crippen LogP contribution in [0.1, 0.15) is 24.0 Å². The molecular weight excluding hydrogens is 170 g/mol. The van der Waals surface area contributed by atoms with Crippen LogP contribution in [0.25, 0.3) is 10.9 Å². The standard InChI is InChI=1S/C13H13N/c1-2-6-12-10(4-1)7-8-11-5-3-9-14-13(11)12/h3,5,7-9H,1-2,4,6H2. The minimum atomic E-state index is 1.21. The minimum Gasteiger partial charge on any atom is -0.256 e. The summed E-state index contributed by atoms with van der Waals surface area (Å²) in [5, 5.41) is 1.29. The topological polar surface area (TPSA) is 12.9 Å². The van der Waals surface area contributed by atoms with Gasteiger partial charge in [0.25, 0.3) is 0 Å². The fraction of sp³-hybridized carbons (Fsp3) is 0.308. The predicted octanol–water partition coefficient (Wildman–Crippen LogP) is 3.11. The first-order valence-corrected chi connectivity index (χ1v) is 5.30. The maximum Gasteiger partial charge on any atom is 0.0736 e. The molecular formula is C13H13N. The second kappa shape index (κ2) is 3.09. The van der Waals surface area contributed by atoms with E-state index in [0.29, 0.717) is 0 Å². The van der Waals surface area contributed by atoms with Crippen molar-refractivity contribution in [2.45, 2.75) is 25.7 Å². The van der Waals surface area contributed by atoms with Crippen LogP contribution >= 0.6 is 0 Å². The highest BCUT2D eigenvalue weighted by molar-refractivity contribution is 5.83. The molecule has 70 valence electrons. The zero-order chi connectivity index (χ0) is 9.38. The lowest BCUT2D eigenvalue weighted by atomic mass is 9.90. The number of rotatable bonds is 0. The zero-order valence-corrected chi connectivity index (χ0v) is 8.16. The molecule has 14 heavy (non-hydrogen) atoms. The van der Waals surface area contributed by atoms with Gasteiger partial charge in [-0.3, -0.25) is 4.98 Å². The van der Waals surface area contributed by atoms with Crippen molar-refractivity contribution in [2.24, 2.45) is 0 Å². The van der Waals surface area contributed by atoms with Gasteiger partial charge in [-0.15, -0.1) is 0 Å². The molecule has 1 aliphatic rings. The molecule has 0 amide bonds. The molecule has 0 N–H and O–H groups in total. The highest BCUT2D eigenvalue weighted by Gasteiger charge is 2.12. The van der Waals surface area contributed by atoms with Crippen molar-refractivity contribution in [2.75, 3.05) is 0 Å². The van der Waals surface area contributed by atoms with Gasteiger partial charge in [-0.2, -0.15) is 0 Å². The van der Waals surface area contributed by atoms with Crippen LogP contribution < -0.4 is 0 Å². The lowest BCUT2D eigenvalue weighted by Crippen LogP contribution is -2.03. The van der Waals surface area contributed by atoms with Crippen LogP contribution in [0.4, 0.5) is 0 Å². The SMILES string of the molecule is c1cnc2c3c(ccc2c1)CCCC3. The quantitative estimate of drug-likeness (QED) is 0.611. The van der Waals surface area contributed by atoms with Gasteiger partial charge in [-0.25, -0.2) is 0 Å². The molecule has 0 radical (unpaired) electrons. The molecule has 0 spiro atoms. The summed E-state index contributed by atoms with van der Waals surface area (Å²) in [6.45, 7) is 0. The number of benzene rings is 1. The van der Waals surface area contributed by atoms with Crippen LogP contribution in [-0.2, 0) is 12.8 Å². The van der Waals surface area contributed by atoms with Crippen molar-refractivity contribution in [3.63, 3.8) is 0 Å². The van der Waals surface area contributed by atoms with E-state index < -0.39 is 0 Å². The lowest BCUT2D eigenvalue weighted by molar-refractivity contribution is 0.689. The molecule has 1 aromatic carbocycles. The van der Waals surface area contributed by atoms with Gasteiger partial charge in [-0.05, 0) is 42.9 Å². The molecule has 1 heteroatoms. The summed E-state index contributed by atoms with van der Waals surface area (Å²) in [7, 11) is 0. The van der Waals surface area contributed by atoms with Gasteiger partial charge in [0.15, 0.2) is 0 Å². The molecule has 0 unspecified atom stereocenters. The summed E-state index contributed by atoms with van der Waals surface area (Å²) in [5.41, 5.74) is 4.24. The Balaban J connectivity index is 2.34. The summed E-state index contributed by atoms with van der Waals surface area (Å²) >= 11 is 0.